The van der Waals surface area contributed by atoms with Crippen LogP contribution >= 0.6 is 11.8 Å². The zero-order chi connectivity index (χ0) is 21.8. The Hall–Kier alpha value is -2.46. The highest BCUT2D eigenvalue weighted by Gasteiger charge is 2.56. The fourth-order valence-corrected chi connectivity index (χ4v) is 4.44. The Labute approximate surface area is 172 Å². The number of hydrogen-bond donors (Lipinski definition) is 1. The monoisotopic (exact) mass is 428 g/mol. The highest BCUT2D eigenvalue weighted by atomic mass is 32.2. The van der Waals surface area contributed by atoms with Crippen molar-refractivity contribution < 1.29 is 43.2 Å². The maximum atomic E-state index is 11.8. The lowest BCUT2D eigenvalue weighted by Gasteiger charge is -2.45. The lowest BCUT2D eigenvalue weighted by molar-refractivity contribution is -0.197. The normalized spacial score (nSPS) is 26.2. The van der Waals surface area contributed by atoms with Crippen molar-refractivity contribution in [3.63, 3.8) is 0 Å². The number of carbonyl (C=O) groups is 3. The largest absolute Gasteiger partial charge is 0.497 e. The first-order chi connectivity index (χ1) is 13.6. The van der Waals surface area contributed by atoms with Crippen LogP contribution in [0.1, 0.15) is 26.3 Å². The van der Waals surface area contributed by atoms with E-state index in [2.05, 4.69) is 0 Å². The van der Waals surface area contributed by atoms with E-state index >= 15 is 0 Å². The molecular weight excluding hydrogens is 404 g/mol. The minimum Gasteiger partial charge on any atom is -0.497 e. The summed E-state index contributed by atoms with van der Waals surface area (Å²) in [4.78, 5) is 33.2. The number of benzene rings is 1. The van der Waals surface area contributed by atoms with Gasteiger partial charge in [-0.1, -0.05) is 0 Å². The summed E-state index contributed by atoms with van der Waals surface area (Å²) in [6.07, 6.45) is -3.54. The number of ether oxygens (including phenoxy) is 5. The number of hydrogen-bond acceptors (Lipinski definition) is 10. The number of aliphatic hydroxyl groups is 1. The molecule has 10 heteroatoms. The van der Waals surface area contributed by atoms with Gasteiger partial charge in [0.15, 0.2) is 23.2 Å². The maximum Gasteiger partial charge on any atom is 0.303 e. The van der Waals surface area contributed by atoms with Crippen LogP contribution in [0.2, 0.25) is 0 Å². The number of methoxy groups -OCH3 is 2. The fourth-order valence-electron chi connectivity index (χ4n) is 3.10. The van der Waals surface area contributed by atoms with Crippen LogP contribution in [0.3, 0.4) is 0 Å². The van der Waals surface area contributed by atoms with E-state index in [0.717, 1.165) is 18.7 Å². The Morgan fingerprint density at radius 1 is 1.00 bits per heavy atom. The third-order valence-electron chi connectivity index (χ3n) is 4.22. The smallest absolute Gasteiger partial charge is 0.303 e. The lowest BCUT2D eigenvalue weighted by Crippen LogP contribution is -2.58. The van der Waals surface area contributed by atoms with Crippen molar-refractivity contribution in [3.05, 3.63) is 23.8 Å². The second kappa shape index (κ2) is 9.36. The van der Waals surface area contributed by atoms with E-state index < -0.39 is 41.2 Å². The van der Waals surface area contributed by atoms with Crippen molar-refractivity contribution >= 4 is 29.7 Å². The first-order valence-corrected chi connectivity index (χ1v) is 9.71. The average molecular weight is 428 g/mol. The molecular formula is C19H24O9S. The maximum absolute atomic E-state index is 11.8. The van der Waals surface area contributed by atoms with Crippen molar-refractivity contribution in [1.82, 2.24) is 0 Å². The van der Waals surface area contributed by atoms with Crippen molar-refractivity contribution in [2.45, 2.75) is 44.0 Å². The molecule has 1 aromatic rings. The summed E-state index contributed by atoms with van der Waals surface area (Å²) in [5, 5.41) is 11.6. The van der Waals surface area contributed by atoms with Crippen molar-refractivity contribution in [3.8, 4) is 11.5 Å². The molecule has 1 unspecified atom stereocenters. The molecule has 4 atom stereocenters. The van der Waals surface area contributed by atoms with E-state index in [9.17, 15) is 19.5 Å². The Balaban J connectivity index is 2.61. The zero-order valence-corrected chi connectivity index (χ0v) is 17.6. The molecule has 0 amide bonds. The first-order valence-electron chi connectivity index (χ1n) is 8.72. The molecule has 0 aromatic heterocycles. The summed E-state index contributed by atoms with van der Waals surface area (Å²) in [6.45, 7) is 3.54. The quantitative estimate of drug-likeness (QED) is 0.526. The third-order valence-corrected chi connectivity index (χ3v) is 5.61. The summed E-state index contributed by atoms with van der Waals surface area (Å²) in [5.41, 5.74) is 0.258. The molecule has 1 aliphatic heterocycles. The first kappa shape index (κ1) is 22.8. The van der Waals surface area contributed by atoms with Gasteiger partial charge < -0.3 is 28.8 Å². The van der Waals surface area contributed by atoms with Gasteiger partial charge in [0.25, 0.3) is 0 Å². The third kappa shape index (κ3) is 5.13. The Morgan fingerprint density at radius 2 is 1.62 bits per heavy atom. The molecule has 1 aromatic carbocycles. The van der Waals surface area contributed by atoms with Crippen LogP contribution in [-0.4, -0.2) is 61.3 Å². The number of carbonyl (C=O) groups excluding carboxylic acids is 3. The topological polar surface area (TPSA) is 118 Å². The Morgan fingerprint density at radius 3 is 2.14 bits per heavy atom. The van der Waals surface area contributed by atoms with E-state index in [-0.39, 0.29) is 11.3 Å². The van der Waals surface area contributed by atoms with Gasteiger partial charge in [-0.3, -0.25) is 14.4 Å². The van der Waals surface area contributed by atoms with Gasteiger partial charge in [0.2, 0.25) is 0 Å². The minimum atomic E-state index is -1.87. The standard InChI is InChI=1S/C19H24O9S/c1-10(20)26-16-9-29-19(23,14-8-13(24-4)6-7-15(14)25-5)18(28-12(3)22)17(16)27-11(2)21/h6-8,16-18,23H,9H2,1-5H3/t16-,17+,18-,19?/m1/s1. The van der Waals surface area contributed by atoms with Crippen molar-refractivity contribution in [2.24, 2.45) is 0 Å². The SMILES string of the molecule is COc1ccc(OC)c(C2(O)SC[C@@H](OC(C)=O)[C@H](OC(C)=O)[C@H]2OC(C)=O)c1. The molecule has 0 aliphatic carbocycles. The van der Waals surface area contributed by atoms with Gasteiger partial charge in [-0.25, -0.2) is 0 Å². The van der Waals surface area contributed by atoms with E-state index in [1.807, 2.05) is 0 Å². The summed E-state index contributed by atoms with van der Waals surface area (Å²) in [5.74, 6) is -1.17. The second-order valence-electron chi connectivity index (χ2n) is 6.33. The molecule has 29 heavy (non-hydrogen) atoms. The molecule has 9 nitrogen and oxygen atoms in total. The minimum absolute atomic E-state index is 0.0756. The molecule has 0 bridgehead atoms. The highest BCUT2D eigenvalue weighted by Crippen LogP contribution is 2.49. The van der Waals surface area contributed by atoms with E-state index in [4.69, 9.17) is 23.7 Å². The van der Waals surface area contributed by atoms with Crippen LogP contribution < -0.4 is 9.47 Å². The molecule has 0 spiro atoms. The molecule has 0 radical (unpaired) electrons. The van der Waals surface area contributed by atoms with Crippen LogP contribution in [0.15, 0.2) is 18.2 Å². The summed E-state index contributed by atoms with van der Waals surface area (Å²) < 4.78 is 26.6. The second-order valence-corrected chi connectivity index (χ2v) is 7.57. The van der Waals surface area contributed by atoms with Gasteiger partial charge in [0.1, 0.15) is 11.5 Å². The van der Waals surface area contributed by atoms with E-state index in [1.54, 1.807) is 18.2 Å². The van der Waals surface area contributed by atoms with Crippen LogP contribution in [0.4, 0.5) is 0 Å². The number of rotatable bonds is 6. The van der Waals surface area contributed by atoms with Crippen LogP contribution in [0.5, 0.6) is 11.5 Å². The molecule has 1 heterocycles. The highest BCUT2D eigenvalue weighted by molar-refractivity contribution is 8.00. The molecule has 1 aliphatic rings. The number of thioether (sulfide) groups is 1. The molecule has 1 N–H and O–H groups in total. The van der Waals surface area contributed by atoms with Gasteiger partial charge in [0.05, 0.1) is 14.2 Å². The molecule has 1 fully saturated rings. The van der Waals surface area contributed by atoms with Crippen LogP contribution in [-0.2, 0) is 33.5 Å². The van der Waals surface area contributed by atoms with E-state index in [0.29, 0.717) is 11.5 Å². The zero-order valence-electron chi connectivity index (χ0n) is 16.8. The predicted octanol–water partition coefficient (Wildman–Crippen LogP) is 1.39. The van der Waals surface area contributed by atoms with Gasteiger partial charge in [-0.05, 0) is 18.2 Å². The number of esters is 3. The van der Waals surface area contributed by atoms with Crippen molar-refractivity contribution in [2.75, 3.05) is 20.0 Å². The van der Waals surface area contributed by atoms with Crippen LogP contribution in [0.25, 0.3) is 0 Å². The summed E-state index contributed by atoms with van der Waals surface area (Å²) in [6, 6.07) is 4.78. The van der Waals surface area contributed by atoms with Gasteiger partial charge >= 0.3 is 17.9 Å². The van der Waals surface area contributed by atoms with E-state index in [1.165, 1.54) is 28.1 Å². The van der Waals surface area contributed by atoms with Crippen molar-refractivity contribution in [1.29, 1.82) is 0 Å². The molecule has 1 saturated heterocycles. The van der Waals surface area contributed by atoms with Crippen LogP contribution in [0, 0.1) is 0 Å². The van der Waals surface area contributed by atoms with Gasteiger partial charge in [-0.15, -0.1) is 11.8 Å². The molecule has 2 rings (SSSR count). The molecule has 0 saturated carbocycles. The summed E-state index contributed by atoms with van der Waals surface area (Å²) in [7, 11) is 2.89. The predicted molar refractivity (Wildman–Crippen MR) is 103 cm³/mol. The molecule has 160 valence electrons. The summed E-state index contributed by atoms with van der Waals surface area (Å²) >= 11 is 0.973. The van der Waals surface area contributed by atoms with Gasteiger partial charge in [0, 0.05) is 32.1 Å². The average Bonchev–Trinajstić information content (AvgIpc) is 2.65. The van der Waals surface area contributed by atoms with Gasteiger partial charge in [-0.2, -0.15) is 0 Å². The fraction of sp³-hybridized carbons (Fsp3) is 0.526. The lowest BCUT2D eigenvalue weighted by atomic mass is 9.94. The Kier molecular flexibility index (Phi) is 7.37. The Bertz CT molecular complexity index is 781.